The lowest BCUT2D eigenvalue weighted by molar-refractivity contribution is -0.147. The van der Waals surface area contributed by atoms with Crippen LogP contribution in [0.2, 0.25) is 0 Å². The lowest BCUT2D eigenvalue weighted by atomic mass is 9.77. The summed E-state index contributed by atoms with van der Waals surface area (Å²) in [7, 11) is 1.24. The molecule has 0 bridgehead atoms. The van der Waals surface area contributed by atoms with Crippen molar-refractivity contribution in [1.82, 2.24) is 20.2 Å². The highest BCUT2D eigenvalue weighted by Gasteiger charge is 2.47. The van der Waals surface area contributed by atoms with Gasteiger partial charge in [0.2, 0.25) is 0 Å². The average molecular weight is 589 g/mol. The van der Waals surface area contributed by atoms with E-state index in [2.05, 4.69) is 5.48 Å². The largest absolute Gasteiger partial charge is 0.467 e. The van der Waals surface area contributed by atoms with Crippen LogP contribution in [0.5, 0.6) is 0 Å². The summed E-state index contributed by atoms with van der Waals surface area (Å²) >= 11 is 0. The fraction of sp³-hybridized carbons (Fsp3) is 0.171. The first-order valence-corrected chi connectivity index (χ1v) is 14.3. The van der Waals surface area contributed by atoms with Crippen molar-refractivity contribution in [2.45, 2.75) is 24.2 Å². The maximum absolute atomic E-state index is 13.2. The van der Waals surface area contributed by atoms with E-state index < -0.39 is 29.7 Å². The second-order valence-electron chi connectivity index (χ2n) is 10.5. The number of hydroxylamine groups is 1. The predicted molar refractivity (Wildman–Crippen MR) is 163 cm³/mol. The molecule has 2 unspecified atom stereocenters. The van der Waals surface area contributed by atoms with E-state index in [1.165, 1.54) is 7.11 Å². The molecule has 4 aromatic carbocycles. The normalized spacial score (nSPS) is 16.2. The smallest absolute Gasteiger partial charge is 0.408 e. The summed E-state index contributed by atoms with van der Waals surface area (Å²) in [6.45, 7) is 0.202. The van der Waals surface area contributed by atoms with Crippen LogP contribution in [-0.4, -0.2) is 45.5 Å². The van der Waals surface area contributed by atoms with E-state index >= 15 is 0 Å². The van der Waals surface area contributed by atoms with Crippen LogP contribution in [0.4, 0.5) is 4.79 Å². The van der Waals surface area contributed by atoms with Crippen molar-refractivity contribution in [1.29, 1.82) is 0 Å². The third-order valence-corrected chi connectivity index (χ3v) is 7.99. The molecule has 0 aliphatic carbocycles. The van der Waals surface area contributed by atoms with E-state index in [4.69, 9.17) is 14.7 Å². The number of aromatic nitrogens is 2. The molecule has 0 spiro atoms. The number of methoxy groups -OCH3 is 1. The minimum atomic E-state index is -1.27. The molecule has 5 aromatic rings. The second kappa shape index (κ2) is 12.5. The molecule has 44 heavy (non-hydrogen) atoms. The van der Waals surface area contributed by atoms with E-state index in [-0.39, 0.29) is 18.8 Å². The molecule has 2 N–H and O–H groups in total. The molecule has 9 heteroatoms. The molecule has 1 aliphatic rings. The van der Waals surface area contributed by atoms with Gasteiger partial charge in [-0.15, -0.1) is 0 Å². The number of esters is 1. The third-order valence-electron chi connectivity index (χ3n) is 7.99. The second-order valence-corrected chi connectivity index (χ2v) is 10.5. The van der Waals surface area contributed by atoms with Gasteiger partial charge in [0.05, 0.1) is 19.8 Å². The molecule has 2 atom stereocenters. The molecule has 9 nitrogen and oxygen atoms in total. The molecule has 0 saturated carbocycles. The molecule has 0 fully saturated rings. The summed E-state index contributed by atoms with van der Waals surface area (Å²) in [4.78, 5) is 32.6. The zero-order valence-electron chi connectivity index (χ0n) is 24.1. The van der Waals surface area contributed by atoms with Gasteiger partial charge >= 0.3 is 12.1 Å². The van der Waals surface area contributed by atoms with Gasteiger partial charge in [0, 0.05) is 18.3 Å². The van der Waals surface area contributed by atoms with Crippen LogP contribution < -0.4 is 5.48 Å². The number of fused-ring (bicyclic) bond motifs is 1. The monoisotopic (exact) mass is 588 g/mol. The minimum Gasteiger partial charge on any atom is -0.467 e. The Morgan fingerprint density at radius 2 is 1.34 bits per heavy atom. The number of carbonyl (C=O) groups excluding carboxylic acids is 1. The zero-order valence-corrected chi connectivity index (χ0v) is 24.1. The number of carboxylic acid groups (broad SMARTS) is 1. The van der Waals surface area contributed by atoms with Crippen molar-refractivity contribution < 1.29 is 24.3 Å². The van der Waals surface area contributed by atoms with E-state index in [1.54, 1.807) is 0 Å². The van der Waals surface area contributed by atoms with Crippen LogP contribution in [0.15, 0.2) is 128 Å². The lowest BCUT2D eigenvalue weighted by Gasteiger charge is -2.36. The van der Waals surface area contributed by atoms with Crippen molar-refractivity contribution in [2.75, 3.05) is 13.7 Å². The average Bonchev–Trinajstić information content (AvgIpc) is 3.52. The standard InChI is InChI=1S/C35H32N4O5/c1-43-33(40)32-31-29(30(23-38(32)34(41)42)37-44-24-25-14-6-2-7-15-25)22-39(36-31)35(26-16-8-3-9-17-26,27-18-10-4-11-19-27)28-20-12-5-13-21-28/h2-22,30,32,37H,23-24H2,1H3,(H,41,42). The van der Waals surface area contributed by atoms with Crippen LogP contribution in [0.3, 0.4) is 0 Å². The number of amides is 1. The minimum absolute atomic E-state index is 0.0579. The van der Waals surface area contributed by atoms with Gasteiger partial charge in [-0.2, -0.15) is 10.6 Å². The number of hydrogen-bond donors (Lipinski definition) is 2. The van der Waals surface area contributed by atoms with Gasteiger partial charge in [-0.3, -0.25) is 14.4 Å². The predicted octanol–water partition coefficient (Wildman–Crippen LogP) is 5.69. The first kappa shape index (κ1) is 28.9. The first-order valence-electron chi connectivity index (χ1n) is 14.3. The van der Waals surface area contributed by atoms with E-state index in [1.807, 2.05) is 132 Å². The Hall–Kier alpha value is -5.25. The molecule has 2 heterocycles. The third kappa shape index (κ3) is 5.23. The number of benzene rings is 4. The van der Waals surface area contributed by atoms with Gasteiger partial charge in [-0.05, 0) is 22.3 Å². The number of carbonyl (C=O) groups is 2. The maximum Gasteiger partial charge on any atom is 0.408 e. The molecular formula is C35H32N4O5. The zero-order chi connectivity index (χ0) is 30.5. The quantitative estimate of drug-likeness (QED) is 0.129. The van der Waals surface area contributed by atoms with Crippen LogP contribution >= 0.6 is 0 Å². The van der Waals surface area contributed by atoms with Crippen LogP contribution in [-0.2, 0) is 26.5 Å². The molecule has 1 aliphatic heterocycles. The van der Waals surface area contributed by atoms with Crippen molar-refractivity contribution in [3.8, 4) is 0 Å². The Balaban J connectivity index is 1.55. The van der Waals surface area contributed by atoms with Crippen LogP contribution in [0, 0.1) is 0 Å². The number of nitrogens with zero attached hydrogens (tertiary/aromatic N) is 3. The summed E-state index contributed by atoms with van der Waals surface area (Å²) in [5, 5.41) is 15.3. The highest BCUT2D eigenvalue weighted by Crippen LogP contribution is 2.43. The van der Waals surface area contributed by atoms with Gasteiger partial charge in [-0.25, -0.2) is 9.59 Å². The van der Waals surface area contributed by atoms with Crippen molar-refractivity contribution in [3.63, 3.8) is 0 Å². The molecule has 0 radical (unpaired) electrons. The number of hydrogen-bond acceptors (Lipinski definition) is 6. The highest BCUT2D eigenvalue weighted by atomic mass is 16.6. The highest BCUT2D eigenvalue weighted by molar-refractivity contribution is 5.83. The SMILES string of the molecule is COC(=O)C1c2nn(C(c3ccccc3)(c3ccccc3)c3ccccc3)cc2C(NOCc2ccccc2)CN1C(=O)O. The van der Waals surface area contributed by atoms with Gasteiger partial charge in [0.15, 0.2) is 6.04 Å². The summed E-state index contributed by atoms with van der Waals surface area (Å²) < 4.78 is 6.94. The van der Waals surface area contributed by atoms with E-state index in [9.17, 15) is 14.7 Å². The van der Waals surface area contributed by atoms with Gasteiger partial charge < -0.3 is 9.84 Å². The topological polar surface area (TPSA) is 106 Å². The molecule has 0 saturated heterocycles. The summed E-state index contributed by atoms with van der Waals surface area (Å²) in [5.74, 6) is -0.715. The van der Waals surface area contributed by atoms with Crippen molar-refractivity contribution in [3.05, 3.63) is 161 Å². The Kier molecular flexibility index (Phi) is 8.23. The van der Waals surface area contributed by atoms with Crippen LogP contribution in [0.1, 0.15) is 45.6 Å². The van der Waals surface area contributed by atoms with Crippen molar-refractivity contribution in [2.24, 2.45) is 0 Å². The Labute approximate surface area is 255 Å². The first-order chi connectivity index (χ1) is 21.5. The fourth-order valence-electron chi connectivity index (χ4n) is 5.98. The Morgan fingerprint density at radius 1 is 0.841 bits per heavy atom. The van der Waals surface area contributed by atoms with Gasteiger partial charge in [0.25, 0.3) is 0 Å². The van der Waals surface area contributed by atoms with E-state index in [0.29, 0.717) is 5.56 Å². The fourth-order valence-corrected chi connectivity index (χ4v) is 5.98. The number of ether oxygens (including phenoxy) is 1. The lowest BCUT2D eigenvalue weighted by Crippen LogP contribution is -2.47. The molecule has 1 aromatic heterocycles. The number of nitrogens with one attached hydrogen (secondary N) is 1. The molecule has 222 valence electrons. The summed E-state index contributed by atoms with van der Waals surface area (Å²) in [6, 6.07) is 37.8. The summed E-state index contributed by atoms with van der Waals surface area (Å²) in [6.07, 6.45) is 0.622. The Morgan fingerprint density at radius 3 is 1.82 bits per heavy atom. The maximum atomic E-state index is 13.2. The molecule has 6 rings (SSSR count). The molecular weight excluding hydrogens is 556 g/mol. The van der Waals surface area contributed by atoms with Crippen LogP contribution in [0.25, 0.3) is 0 Å². The Bertz CT molecular complexity index is 1620. The van der Waals surface area contributed by atoms with Crippen molar-refractivity contribution >= 4 is 12.1 Å². The summed E-state index contributed by atoms with van der Waals surface area (Å²) in [5.41, 5.74) is 6.77. The van der Waals surface area contributed by atoms with E-state index in [0.717, 1.165) is 27.2 Å². The number of rotatable bonds is 9. The van der Waals surface area contributed by atoms with Gasteiger partial charge in [-0.1, -0.05) is 121 Å². The molecule has 1 amide bonds. The van der Waals surface area contributed by atoms with Gasteiger partial charge in [0.1, 0.15) is 11.2 Å².